The molecule has 4 aliphatic heterocycles. The summed E-state index contributed by atoms with van der Waals surface area (Å²) < 4.78 is 50.6. The average molecular weight is 560 g/mol. The fraction of sp³-hybridized carbons (Fsp3) is 0.593. The van der Waals surface area contributed by atoms with Gasteiger partial charge in [-0.3, -0.25) is 9.88 Å². The molecule has 2 aromatic heterocycles. The van der Waals surface area contributed by atoms with Gasteiger partial charge in [-0.05, 0) is 38.3 Å². The molecule has 5 atom stereocenters. The van der Waals surface area contributed by atoms with Gasteiger partial charge in [0.2, 0.25) is 0 Å². The molecule has 5 aliphatic rings. The molecule has 3 unspecified atom stereocenters. The third-order valence-corrected chi connectivity index (χ3v) is 9.75. The highest BCUT2D eigenvalue weighted by Gasteiger charge is 2.49. The molecule has 7 rings (SSSR count). The Morgan fingerprint density at radius 2 is 1.97 bits per heavy atom. The van der Waals surface area contributed by atoms with Crippen LogP contribution in [0.1, 0.15) is 37.8 Å². The highest BCUT2D eigenvalue weighted by molar-refractivity contribution is 7.84. The van der Waals surface area contributed by atoms with Crippen molar-refractivity contribution in [2.75, 3.05) is 37.7 Å². The van der Waals surface area contributed by atoms with Gasteiger partial charge in [0, 0.05) is 55.7 Å². The van der Waals surface area contributed by atoms with E-state index in [4.69, 9.17) is 15.5 Å². The molecule has 8 nitrogen and oxygen atoms in total. The first-order valence-electron chi connectivity index (χ1n) is 13.7. The van der Waals surface area contributed by atoms with Crippen LogP contribution in [0.25, 0.3) is 10.9 Å². The number of piperazine rings is 1. The van der Waals surface area contributed by atoms with Gasteiger partial charge in [0.1, 0.15) is 29.9 Å². The Kier molecular flexibility index (Phi) is 6.11. The van der Waals surface area contributed by atoms with Gasteiger partial charge in [-0.2, -0.15) is 9.97 Å². The summed E-state index contributed by atoms with van der Waals surface area (Å²) >= 11 is 4.21. The average Bonchev–Trinajstić information content (AvgIpc) is 3.62. The lowest BCUT2D eigenvalue weighted by Crippen LogP contribution is -2.51. The van der Waals surface area contributed by atoms with Gasteiger partial charge in [0.05, 0.1) is 22.2 Å². The molecule has 208 valence electrons. The lowest BCUT2D eigenvalue weighted by Gasteiger charge is -2.34. The first-order chi connectivity index (χ1) is 18.7. The Bertz CT molecular complexity index is 1380. The summed E-state index contributed by atoms with van der Waals surface area (Å²) in [6.45, 7) is 2.97. The third-order valence-electron chi connectivity index (χ3n) is 9.12. The number of alkyl halides is 1. The maximum atomic E-state index is 16.1. The van der Waals surface area contributed by atoms with E-state index in [1.807, 2.05) is 0 Å². The molecule has 12 heteroatoms. The Labute approximate surface area is 230 Å². The van der Waals surface area contributed by atoms with E-state index >= 15 is 4.39 Å². The summed E-state index contributed by atoms with van der Waals surface area (Å²) in [4.78, 5) is 18.0. The number of nitrogens with one attached hydrogen (secondary N) is 1. The van der Waals surface area contributed by atoms with Gasteiger partial charge in [0.25, 0.3) is 0 Å². The van der Waals surface area contributed by atoms with Crippen molar-refractivity contribution in [3.05, 3.63) is 40.6 Å². The van der Waals surface area contributed by atoms with Crippen LogP contribution in [-0.4, -0.2) is 82.0 Å². The van der Waals surface area contributed by atoms with E-state index in [1.165, 1.54) is 12.2 Å². The number of rotatable bonds is 6. The molecule has 2 bridgehead atoms. The van der Waals surface area contributed by atoms with Crippen molar-refractivity contribution in [3.8, 4) is 6.01 Å². The second-order valence-corrected chi connectivity index (χ2v) is 12.2. The van der Waals surface area contributed by atoms with Crippen molar-refractivity contribution in [2.45, 2.75) is 67.9 Å². The second-order valence-electron chi connectivity index (χ2n) is 11.8. The zero-order valence-electron chi connectivity index (χ0n) is 21.5. The van der Waals surface area contributed by atoms with E-state index in [2.05, 4.69) is 37.7 Å². The Balaban J connectivity index is 1.26. The van der Waals surface area contributed by atoms with Gasteiger partial charge in [-0.15, -0.1) is 12.6 Å². The molecule has 0 radical (unpaired) electrons. The van der Waals surface area contributed by atoms with Crippen LogP contribution in [0, 0.1) is 5.82 Å². The number of aromatic nitrogens is 3. The molecular formula is C27H32F3N7OS. The van der Waals surface area contributed by atoms with Crippen LogP contribution in [0.4, 0.5) is 19.0 Å². The van der Waals surface area contributed by atoms with E-state index in [9.17, 15) is 8.78 Å². The number of anilines is 1. The van der Waals surface area contributed by atoms with Gasteiger partial charge in [0.15, 0.2) is 5.82 Å². The minimum Gasteiger partial charge on any atom is -0.461 e. The Morgan fingerprint density at radius 3 is 2.72 bits per heavy atom. The molecule has 0 aromatic carbocycles. The topological polar surface area (TPSA) is 92.4 Å². The fourth-order valence-electron chi connectivity index (χ4n) is 7.13. The number of pyridine rings is 1. The normalized spacial score (nSPS) is 34.1. The van der Waals surface area contributed by atoms with E-state index in [-0.39, 0.29) is 40.7 Å². The van der Waals surface area contributed by atoms with Crippen molar-refractivity contribution in [2.24, 2.45) is 5.73 Å². The van der Waals surface area contributed by atoms with Gasteiger partial charge in [-0.1, -0.05) is 6.08 Å². The molecule has 0 spiro atoms. The highest BCUT2D eigenvalue weighted by atomic mass is 32.1. The predicted molar refractivity (Wildman–Crippen MR) is 145 cm³/mol. The Hall–Kier alpha value is -2.41. The van der Waals surface area contributed by atoms with Crippen LogP contribution < -0.4 is 20.7 Å². The van der Waals surface area contributed by atoms with Crippen LogP contribution in [0.2, 0.25) is 0 Å². The van der Waals surface area contributed by atoms with E-state index in [0.717, 1.165) is 45.3 Å². The fourth-order valence-corrected chi connectivity index (χ4v) is 7.36. The molecule has 2 aromatic rings. The quantitative estimate of drug-likeness (QED) is 0.466. The predicted octanol–water partition coefficient (Wildman–Crippen LogP) is 2.98. The number of fused-ring (bicyclic) bond motifs is 4. The van der Waals surface area contributed by atoms with Crippen LogP contribution >= 0.6 is 12.6 Å². The lowest BCUT2D eigenvalue weighted by atomic mass is 9.95. The SMILES string of the molecule is NC1(Cc2ncc3c(N4CC5CCC(C4)N5)nc(OC[C@]45CCCN4C[C@@H](F)C5)nc3c2F)C=CC(F)=C1S. The standard InChI is InChI=1S/C27H32F3N7OS/c28-15-8-26(5-1-7-37(26)11-15)14-38-25-34-22-18(24(35-25)36-12-16-2-3-17(13-36)33-16)10-32-20(21(22)30)9-27(31)6-4-19(29)23(27)39/h4,6,10,15-17,33,39H,1-3,5,7-9,11-14,31H2/t15-,16?,17?,26+,27?/m0/s1. The number of nitrogens with zero attached hydrogens (tertiary/aromatic N) is 5. The van der Waals surface area contributed by atoms with Crippen molar-refractivity contribution in [3.63, 3.8) is 0 Å². The molecular weight excluding hydrogens is 527 g/mol. The number of hydrogen-bond donors (Lipinski definition) is 3. The molecule has 39 heavy (non-hydrogen) atoms. The zero-order valence-corrected chi connectivity index (χ0v) is 22.4. The smallest absolute Gasteiger partial charge is 0.319 e. The summed E-state index contributed by atoms with van der Waals surface area (Å²) in [6, 6.07) is 0.734. The number of thiol groups is 1. The summed E-state index contributed by atoms with van der Waals surface area (Å²) in [5.74, 6) is -0.611. The van der Waals surface area contributed by atoms with Crippen molar-refractivity contribution < 1.29 is 17.9 Å². The van der Waals surface area contributed by atoms with Crippen molar-refractivity contribution in [1.82, 2.24) is 25.2 Å². The van der Waals surface area contributed by atoms with E-state index in [0.29, 0.717) is 36.3 Å². The zero-order chi connectivity index (χ0) is 26.9. The summed E-state index contributed by atoms with van der Waals surface area (Å²) in [5, 5.41) is 4.09. The van der Waals surface area contributed by atoms with Crippen LogP contribution in [-0.2, 0) is 6.42 Å². The van der Waals surface area contributed by atoms with Crippen LogP contribution in [0.3, 0.4) is 0 Å². The number of ether oxygens (including phenoxy) is 1. The lowest BCUT2D eigenvalue weighted by molar-refractivity contribution is 0.107. The second kappa shape index (κ2) is 9.32. The molecule has 0 saturated carbocycles. The van der Waals surface area contributed by atoms with E-state index < -0.39 is 23.4 Å². The summed E-state index contributed by atoms with van der Waals surface area (Å²) in [5.41, 5.74) is 4.82. The van der Waals surface area contributed by atoms with E-state index in [1.54, 1.807) is 6.20 Å². The molecule has 1 aliphatic carbocycles. The van der Waals surface area contributed by atoms with Gasteiger partial charge < -0.3 is 20.7 Å². The minimum absolute atomic E-state index is 0.0376. The number of hydrogen-bond acceptors (Lipinski definition) is 9. The highest BCUT2D eigenvalue weighted by Crippen LogP contribution is 2.41. The molecule has 0 amide bonds. The van der Waals surface area contributed by atoms with Crippen molar-refractivity contribution in [1.29, 1.82) is 0 Å². The van der Waals surface area contributed by atoms with Crippen LogP contribution in [0.5, 0.6) is 6.01 Å². The van der Waals surface area contributed by atoms with Gasteiger partial charge >= 0.3 is 6.01 Å². The monoisotopic (exact) mass is 559 g/mol. The van der Waals surface area contributed by atoms with Crippen molar-refractivity contribution >= 4 is 29.3 Å². The summed E-state index contributed by atoms with van der Waals surface area (Å²) in [6.07, 6.45) is 7.73. The van der Waals surface area contributed by atoms with Crippen LogP contribution in [0.15, 0.2) is 29.1 Å². The largest absolute Gasteiger partial charge is 0.461 e. The molecule has 4 saturated heterocycles. The minimum atomic E-state index is -1.29. The first-order valence-corrected chi connectivity index (χ1v) is 14.1. The third kappa shape index (κ3) is 4.30. The molecule has 6 heterocycles. The number of halogens is 3. The van der Waals surface area contributed by atoms with Gasteiger partial charge in [-0.25, -0.2) is 13.2 Å². The number of nitrogens with two attached hydrogens (primary N) is 1. The first kappa shape index (κ1) is 25.6. The molecule has 4 fully saturated rings. The Morgan fingerprint density at radius 1 is 1.18 bits per heavy atom. The summed E-state index contributed by atoms with van der Waals surface area (Å²) in [7, 11) is 0. The maximum Gasteiger partial charge on any atom is 0.319 e. The molecule has 3 N–H and O–H groups in total. The maximum absolute atomic E-state index is 16.1. The number of allylic oxidation sites excluding steroid dienone is 2.